The van der Waals surface area contributed by atoms with Crippen LogP contribution in [0.4, 0.5) is 15.8 Å². The van der Waals surface area contributed by atoms with Gasteiger partial charge in [0.15, 0.2) is 5.82 Å². The zero-order valence-electron chi connectivity index (χ0n) is 23.3. The topological polar surface area (TPSA) is 100 Å². The summed E-state index contributed by atoms with van der Waals surface area (Å²) >= 11 is 0. The first-order valence-corrected chi connectivity index (χ1v) is 13.8. The third-order valence-corrected chi connectivity index (χ3v) is 7.86. The van der Waals surface area contributed by atoms with E-state index in [0.717, 1.165) is 43.5 Å². The molecule has 2 aliphatic heterocycles. The van der Waals surface area contributed by atoms with Gasteiger partial charge in [0.1, 0.15) is 12.1 Å². The quantitative estimate of drug-likeness (QED) is 0.379. The van der Waals surface area contributed by atoms with Crippen LogP contribution in [0.5, 0.6) is 6.01 Å². The van der Waals surface area contributed by atoms with Crippen LogP contribution >= 0.6 is 0 Å². The van der Waals surface area contributed by atoms with Crippen LogP contribution in [0.1, 0.15) is 37.0 Å². The minimum atomic E-state index is -0.495. The number of halogens is 1. The lowest BCUT2D eigenvalue weighted by molar-refractivity contribution is 0.102. The fourth-order valence-electron chi connectivity index (χ4n) is 5.98. The van der Waals surface area contributed by atoms with E-state index >= 15 is 0 Å². The molecule has 0 aliphatic carbocycles. The number of carbonyl (C=O) groups excluding carboxylic acids is 1. The Hall–Kier alpha value is -3.83. The van der Waals surface area contributed by atoms with Gasteiger partial charge < -0.3 is 25.2 Å². The van der Waals surface area contributed by atoms with Crippen molar-refractivity contribution in [1.82, 2.24) is 30.0 Å². The molecule has 1 unspecified atom stereocenters. The van der Waals surface area contributed by atoms with Gasteiger partial charge in [-0.05, 0) is 64.5 Å². The van der Waals surface area contributed by atoms with Crippen LogP contribution in [0.3, 0.4) is 0 Å². The smallest absolute Gasteiger partial charge is 0.316 e. The number of likely N-dealkylation sites (N-methyl/N-ethyl adjacent to an activating group) is 1. The zero-order valence-corrected chi connectivity index (χ0v) is 23.3. The number of nitrogens with one attached hydrogen (secondary N) is 2. The Morgan fingerprint density at radius 1 is 1.18 bits per heavy atom. The van der Waals surface area contributed by atoms with Crippen molar-refractivity contribution in [3.63, 3.8) is 0 Å². The number of hydrogen-bond acceptors (Lipinski definition) is 8. The van der Waals surface area contributed by atoms with Crippen molar-refractivity contribution in [3.05, 3.63) is 48.0 Å². The van der Waals surface area contributed by atoms with E-state index in [4.69, 9.17) is 9.72 Å². The summed E-state index contributed by atoms with van der Waals surface area (Å²) in [5.41, 5.74) is 2.45. The van der Waals surface area contributed by atoms with Gasteiger partial charge in [-0.1, -0.05) is 0 Å². The molecule has 2 fully saturated rings. The predicted octanol–water partition coefficient (Wildman–Crippen LogP) is 3.57. The number of hydrogen-bond donors (Lipinski definition) is 2. The first kappa shape index (κ1) is 26.4. The summed E-state index contributed by atoms with van der Waals surface area (Å²) in [5, 5.41) is 11.9. The second-order valence-corrected chi connectivity index (χ2v) is 11.2. The van der Waals surface area contributed by atoms with E-state index in [1.54, 1.807) is 36.3 Å². The van der Waals surface area contributed by atoms with E-state index in [0.29, 0.717) is 46.9 Å². The molecule has 2 aromatic carbocycles. The van der Waals surface area contributed by atoms with E-state index in [1.807, 2.05) is 6.07 Å². The number of ether oxygens (including phenoxy) is 1. The Labute approximate surface area is 232 Å². The fraction of sp³-hybridized carbons (Fsp3) is 0.448. The molecule has 0 spiro atoms. The van der Waals surface area contributed by atoms with Crippen LogP contribution in [0.2, 0.25) is 0 Å². The number of aryl methyl sites for hydroxylation is 1. The van der Waals surface area contributed by atoms with E-state index in [2.05, 4.69) is 51.4 Å². The number of amides is 1. The molecule has 0 radical (unpaired) electrons. The summed E-state index contributed by atoms with van der Waals surface area (Å²) in [5.74, 6) is -0.883. The molecule has 3 atom stereocenters. The van der Waals surface area contributed by atoms with Gasteiger partial charge in [-0.2, -0.15) is 10.1 Å². The summed E-state index contributed by atoms with van der Waals surface area (Å²) in [7, 11) is 3.83. The third kappa shape index (κ3) is 5.18. The summed E-state index contributed by atoms with van der Waals surface area (Å²) in [6.45, 7) is 7.50. The van der Waals surface area contributed by atoms with E-state index in [9.17, 15) is 9.18 Å². The van der Waals surface area contributed by atoms with Crippen molar-refractivity contribution in [1.29, 1.82) is 0 Å². The Bertz CT molecular complexity index is 1560. The SMILES string of the molecule is C[C@@H]1CN(c2ccc(C(=O)Nc3cc(F)c4nn(C)cc4c3)c3nc(OCC4CCCN4C)ncc23)C[C@@H](C)N1. The number of benzene rings is 2. The lowest BCUT2D eigenvalue weighted by Crippen LogP contribution is -2.54. The molecule has 2 saturated heterocycles. The zero-order chi connectivity index (χ0) is 28.0. The highest BCUT2D eigenvalue weighted by atomic mass is 19.1. The average molecular weight is 547 g/mol. The lowest BCUT2D eigenvalue weighted by Gasteiger charge is -2.38. The molecule has 10 nitrogen and oxygen atoms in total. The van der Waals surface area contributed by atoms with Crippen molar-refractivity contribution < 1.29 is 13.9 Å². The number of anilines is 2. The third-order valence-electron chi connectivity index (χ3n) is 7.86. The number of fused-ring (bicyclic) bond motifs is 2. The first-order valence-electron chi connectivity index (χ1n) is 13.8. The average Bonchev–Trinajstić information content (AvgIpc) is 3.50. The van der Waals surface area contributed by atoms with Crippen LogP contribution in [0, 0.1) is 5.82 Å². The standard InChI is InChI=1S/C29H35FN8O2/c1-17-13-38(14-18(2)32-17)25-8-7-22(28(39)33-20-10-19-15-37(4)35-26(19)24(30)11-20)27-23(25)12-31-29(34-27)40-16-21-6-5-9-36(21)3/h7-8,10-12,15,17-18,21,32H,5-6,9,13-14,16H2,1-4H3,(H,33,39)/t17-,18-,21?/m1/s1. The molecule has 0 bridgehead atoms. The number of piperazine rings is 1. The Balaban J connectivity index is 1.35. The second-order valence-electron chi connectivity index (χ2n) is 11.2. The van der Waals surface area contributed by atoms with E-state index in [-0.39, 0.29) is 17.4 Å². The normalized spacial score (nSPS) is 21.8. The number of nitrogens with zero attached hydrogens (tertiary/aromatic N) is 6. The fourth-order valence-corrected chi connectivity index (χ4v) is 5.98. The maximum absolute atomic E-state index is 14.7. The second kappa shape index (κ2) is 10.6. The van der Waals surface area contributed by atoms with Crippen LogP contribution < -0.4 is 20.3 Å². The van der Waals surface area contributed by atoms with E-state index in [1.165, 1.54) is 6.07 Å². The number of rotatable bonds is 6. The predicted molar refractivity (Wildman–Crippen MR) is 154 cm³/mol. The van der Waals surface area contributed by atoms with Crippen LogP contribution in [0.25, 0.3) is 21.8 Å². The molecular formula is C29H35FN8O2. The number of carbonyl (C=O) groups is 1. The van der Waals surface area contributed by atoms with Crippen molar-refractivity contribution >= 4 is 39.1 Å². The largest absolute Gasteiger partial charge is 0.462 e. The molecule has 1 amide bonds. The monoisotopic (exact) mass is 546 g/mol. The molecule has 2 N–H and O–H groups in total. The van der Waals surface area contributed by atoms with Gasteiger partial charge >= 0.3 is 6.01 Å². The van der Waals surface area contributed by atoms with Gasteiger partial charge in [0, 0.05) is 72.8 Å². The van der Waals surface area contributed by atoms with Gasteiger partial charge in [0.25, 0.3) is 5.91 Å². The van der Waals surface area contributed by atoms with Gasteiger partial charge in [-0.25, -0.2) is 9.37 Å². The Morgan fingerprint density at radius 3 is 2.73 bits per heavy atom. The van der Waals surface area contributed by atoms with Crippen molar-refractivity contribution in [2.45, 2.75) is 44.8 Å². The molecule has 210 valence electrons. The molecular weight excluding hydrogens is 511 g/mol. The summed E-state index contributed by atoms with van der Waals surface area (Å²) in [6, 6.07) is 7.91. The number of aromatic nitrogens is 4. The molecule has 11 heteroatoms. The van der Waals surface area contributed by atoms with Gasteiger partial charge in [-0.3, -0.25) is 9.48 Å². The highest BCUT2D eigenvalue weighted by Gasteiger charge is 2.26. The van der Waals surface area contributed by atoms with Gasteiger partial charge in [0.2, 0.25) is 0 Å². The maximum atomic E-state index is 14.7. The van der Waals surface area contributed by atoms with Crippen LogP contribution in [-0.4, -0.2) is 82.0 Å². The first-order chi connectivity index (χ1) is 19.2. The van der Waals surface area contributed by atoms with E-state index < -0.39 is 5.82 Å². The Kier molecular flexibility index (Phi) is 7.01. The number of likely N-dealkylation sites (tertiary alicyclic amines) is 1. The van der Waals surface area contributed by atoms with Gasteiger partial charge in [-0.15, -0.1) is 0 Å². The molecule has 0 saturated carbocycles. The van der Waals surface area contributed by atoms with Crippen LogP contribution in [-0.2, 0) is 7.05 Å². The molecule has 2 aliphatic rings. The molecule has 4 aromatic rings. The molecule has 40 heavy (non-hydrogen) atoms. The lowest BCUT2D eigenvalue weighted by atomic mass is 10.0. The molecule has 4 heterocycles. The highest BCUT2D eigenvalue weighted by Crippen LogP contribution is 2.31. The molecule has 2 aromatic heterocycles. The minimum absolute atomic E-state index is 0.240. The van der Waals surface area contributed by atoms with Crippen molar-refractivity contribution in [2.24, 2.45) is 7.05 Å². The summed E-state index contributed by atoms with van der Waals surface area (Å²) in [6.07, 6.45) is 5.68. The minimum Gasteiger partial charge on any atom is -0.462 e. The van der Waals surface area contributed by atoms with Crippen molar-refractivity contribution in [2.75, 3.05) is 43.5 Å². The van der Waals surface area contributed by atoms with Gasteiger partial charge in [0.05, 0.1) is 11.1 Å². The molecule has 6 rings (SSSR count). The van der Waals surface area contributed by atoms with Crippen molar-refractivity contribution in [3.8, 4) is 6.01 Å². The Morgan fingerprint density at radius 2 is 1.98 bits per heavy atom. The summed E-state index contributed by atoms with van der Waals surface area (Å²) < 4.78 is 22.3. The maximum Gasteiger partial charge on any atom is 0.316 e. The summed E-state index contributed by atoms with van der Waals surface area (Å²) in [4.78, 5) is 27.5. The highest BCUT2D eigenvalue weighted by molar-refractivity contribution is 6.14. The van der Waals surface area contributed by atoms with Crippen LogP contribution in [0.15, 0.2) is 36.7 Å².